The Morgan fingerprint density at radius 2 is 2.26 bits per heavy atom. The Balaban J connectivity index is 1.92. The zero-order valence-electron chi connectivity index (χ0n) is 11.3. The Morgan fingerprint density at radius 3 is 2.89 bits per heavy atom. The van der Waals surface area contributed by atoms with Crippen molar-refractivity contribution < 1.29 is 0 Å². The van der Waals surface area contributed by atoms with Crippen molar-refractivity contribution in [3.8, 4) is 0 Å². The molecule has 4 nitrogen and oxygen atoms in total. The molecule has 0 aromatic carbocycles. The molecule has 1 saturated carbocycles. The van der Waals surface area contributed by atoms with Crippen LogP contribution in [0.25, 0.3) is 0 Å². The third-order valence-electron chi connectivity index (χ3n) is 3.46. The lowest BCUT2D eigenvalue weighted by Gasteiger charge is -2.25. The van der Waals surface area contributed by atoms with E-state index in [-0.39, 0.29) is 0 Å². The van der Waals surface area contributed by atoms with Crippen LogP contribution in [0.5, 0.6) is 0 Å². The Kier molecular flexibility index (Phi) is 3.38. The molecule has 0 saturated heterocycles. The van der Waals surface area contributed by atoms with Crippen LogP contribution >= 0.6 is 11.3 Å². The fraction of sp³-hybridized carbons (Fsp3) is 0.429. The molecule has 19 heavy (non-hydrogen) atoms. The normalized spacial score (nSPS) is 14.4. The molecular formula is C14H18N4S. The van der Waals surface area contributed by atoms with Gasteiger partial charge in [0.15, 0.2) is 0 Å². The van der Waals surface area contributed by atoms with Gasteiger partial charge in [-0.15, -0.1) is 11.3 Å². The molecule has 0 aliphatic heterocycles. The fourth-order valence-corrected chi connectivity index (χ4v) is 3.02. The van der Waals surface area contributed by atoms with Crippen LogP contribution < -0.4 is 10.2 Å². The zero-order valence-corrected chi connectivity index (χ0v) is 12.1. The summed E-state index contributed by atoms with van der Waals surface area (Å²) in [6, 6.07) is 4.94. The number of thiophene rings is 1. The van der Waals surface area contributed by atoms with Crippen LogP contribution in [0.3, 0.4) is 0 Å². The molecule has 1 fully saturated rings. The van der Waals surface area contributed by atoms with Crippen LogP contribution in [0.2, 0.25) is 0 Å². The summed E-state index contributed by atoms with van der Waals surface area (Å²) < 4.78 is 0. The molecule has 1 aliphatic rings. The third-order valence-corrected chi connectivity index (χ3v) is 4.32. The van der Waals surface area contributed by atoms with Crippen molar-refractivity contribution in [1.82, 2.24) is 9.97 Å². The lowest BCUT2D eigenvalue weighted by molar-refractivity contribution is 0.779. The number of hydrogen-bond donors (Lipinski definition) is 1. The van der Waals surface area contributed by atoms with E-state index in [9.17, 15) is 0 Å². The highest BCUT2D eigenvalue weighted by atomic mass is 32.1. The minimum atomic E-state index is 0.639. The summed E-state index contributed by atoms with van der Waals surface area (Å²) >= 11 is 1.81. The Morgan fingerprint density at radius 1 is 1.42 bits per heavy atom. The van der Waals surface area contributed by atoms with E-state index < -0.39 is 0 Å². The van der Waals surface area contributed by atoms with Gasteiger partial charge in [-0.3, -0.25) is 0 Å². The Hall–Kier alpha value is -1.62. The summed E-state index contributed by atoms with van der Waals surface area (Å²) in [7, 11) is 1.90. The average molecular weight is 274 g/mol. The van der Waals surface area contributed by atoms with Gasteiger partial charge in [-0.25, -0.2) is 9.97 Å². The predicted molar refractivity (Wildman–Crippen MR) is 79.8 cm³/mol. The van der Waals surface area contributed by atoms with Gasteiger partial charge in [-0.2, -0.15) is 0 Å². The van der Waals surface area contributed by atoms with Crippen LogP contribution in [0.4, 0.5) is 11.6 Å². The second-order valence-electron chi connectivity index (χ2n) is 4.86. The minimum absolute atomic E-state index is 0.639. The summed E-state index contributed by atoms with van der Waals surface area (Å²) in [5.74, 6) is 1.98. The van der Waals surface area contributed by atoms with Gasteiger partial charge < -0.3 is 10.2 Å². The first-order valence-corrected chi connectivity index (χ1v) is 7.46. The average Bonchev–Trinajstić information content (AvgIpc) is 3.14. The third kappa shape index (κ3) is 2.56. The number of rotatable bonds is 5. The summed E-state index contributed by atoms with van der Waals surface area (Å²) in [4.78, 5) is 12.6. The lowest BCUT2D eigenvalue weighted by Crippen LogP contribution is -2.26. The van der Waals surface area contributed by atoms with E-state index in [1.165, 1.54) is 17.7 Å². The van der Waals surface area contributed by atoms with E-state index in [0.29, 0.717) is 6.04 Å². The molecule has 100 valence electrons. The first kappa shape index (κ1) is 12.4. The first-order chi connectivity index (χ1) is 9.29. The SMILES string of the molecule is CNc1ncnc(N(Cc2cccs2)C2CC2)c1C. The quantitative estimate of drug-likeness (QED) is 0.910. The highest BCUT2D eigenvalue weighted by molar-refractivity contribution is 7.09. The van der Waals surface area contributed by atoms with Crippen molar-refractivity contribution in [1.29, 1.82) is 0 Å². The summed E-state index contributed by atoms with van der Waals surface area (Å²) in [5.41, 5.74) is 1.13. The van der Waals surface area contributed by atoms with Crippen molar-refractivity contribution >= 4 is 23.0 Å². The number of hydrogen-bond acceptors (Lipinski definition) is 5. The van der Waals surface area contributed by atoms with Crippen molar-refractivity contribution in [3.63, 3.8) is 0 Å². The van der Waals surface area contributed by atoms with Crippen molar-refractivity contribution in [2.75, 3.05) is 17.3 Å². The number of aromatic nitrogens is 2. The van der Waals surface area contributed by atoms with Crippen LogP contribution in [0.1, 0.15) is 23.3 Å². The van der Waals surface area contributed by atoms with Gasteiger partial charge in [0.2, 0.25) is 0 Å². The van der Waals surface area contributed by atoms with Gasteiger partial charge in [0, 0.05) is 23.5 Å². The molecule has 3 rings (SSSR count). The van der Waals surface area contributed by atoms with Crippen molar-refractivity contribution in [3.05, 3.63) is 34.3 Å². The molecule has 2 heterocycles. The van der Waals surface area contributed by atoms with Crippen molar-refractivity contribution in [2.45, 2.75) is 32.4 Å². The second-order valence-corrected chi connectivity index (χ2v) is 5.89. The molecular weight excluding hydrogens is 256 g/mol. The first-order valence-electron chi connectivity index (χ1n) is 6.58. The van der Waals surface area contributed by atoms with Crippen LogP contribution in [0, 0.1) is 6.92 Å². The van der Waals surface area contributed by atoms with Gasteiger partial charge in [0.1, 0.15) is 18.0 Å². The molecule has 2 aromatic rings. The molecule has 0 unspecified atom stereocenters. The zero-order chi connectivity index (χ0) is 13.2. The second kappa shape index (κ2) is 5.17. The van der Waals surface area contributed by atoms with E-state index in [1.807, 2.05) is 7.05 Å². The van der Waals surface area contributed by atoms with Crippen LogP contribution in [-0.2, 0) is 6.54 Å². The monoisotopic (exact) mass is 274 g/mol. The summed E-state index contributed by atoms with van der Waals surface area (Å²) in [6.07, 6.45) is 4.19. The number of anilines is 2. The molecule has 0 bridgehead atoms. The highest BCUT2D eigenvalue weighted by Gasteiger charge is 2.31. The van der Waals surface area contributed by atoms with E-state index in [1.54, 1.807) is 17.7 Å². The maximum absolute atomic E-state index is 4.51. The van der Waals surface area contributed by atoms with E-state index in [2.05, 4.69) is 44.6 Å². The van der Waals surface area contributed by atoms with Gasteiger partial charge >= 0.3 is 0 Å². The maximum atomic E-state index is 4.51. The Labute approximate surface area is 117 Å². The van der Waals surface area contributed by atoms with E-state index in [4.69, 9.17) is 0 Å². The number of nitrogens with one attached hydrogen (secondary N) is 1. The summed E-state index contributed by atoms with van der Waals surface area (Å²) in [5, 5.41) is 5.26. The molecule has 1 N–H and O–H groups in total. The van der Waals surface area contributed by atoms with Gasteiger partial charge in [-0.1, -0.05) is 6.07 Å². The fourth-order valence-electron chi connectivity index (χ4n) is 2.32. The number of nitrogens with zero attached hydrogens (tertiary/aromatic N) is 3. The van der Waals surface area contributed by atoms with E-state index >= 15 is 0 Å². The maximum Gasteiger partial charge on any atom is 0.137 e. The molecule has 2 aromatic heterocycles. The lowest BCUT2D eigenvalue weighted by atomic mass is 10.2. The highest BCUT2D eigenvalue weighted by Crippen LogP contribution is 2.35. The molecule has 0 atom stereocenters. The van der Waals surface area contributed by atoms with Gasteiger partial charge in [-0.05, 0) is 31.2 Å². The van der Waals surface area contributed by atoms with Crippen molar-refractivity contribution in [2.24, 2.45) is 0 Å². The predicted octanol–water partition coefficient (Wildman–Crippen LogP) is 3.06. The molecule has 1 aliphatic carbocycles. The summed E-state index contributed by atoms with van der Waals surface area (Å²) in [6.45, 7) is 3.04. The van der Waals surface area contributed by atoms with Gasteiger partial charge in [0.25, 0.3) is 0 Å². The topological polar surface area (TPSA) is 41.1 Å². The standard InChI is InChI=1S/C14H18N4S/c1-10-13(15-2)16-9-17-14(10)18(11-5-6-11)8-12-4-3-7-19-12/h3-4,7,9,11H,5-6,8H2,1-2H3,(H,15,16,17). The van der Waals surface area contributed by atoms with E-state index in [0.717, 1.165) is 23.7 Å². The molecule has 0 amide bonds. The molecule has 0 spiro atoms. The largest absolute Gasteiger partial charge is 0.373 e. The van der Waals surface area contributed by atoms with Gasteiger partial charge in [0.05, 0.1) is 6.54 Å². The molecule has 0 radical (unpaired) electrons. The Bertz CT molecular complexity index is 549. The van der Waals surface area contributed by atoms with Crippen LogP contribution in [0.15, 0.2) is 23.8 Å². The smallest absolute Gasteiger partial charge is 0.137 e. The van der Waals surface area contributed by atoms with Crippen LogP contribution in [-0.4, -0.2) is 23.1 Å². The minimum Gasteiger partial charge on any atom is -0.373 e. The molecule has 5 heteroatoms.